The van der Waals surface area contributed by atoms with Crippen LogP contribution >= 0.6 is 11.3 Å². The number of halogens is 1. The van der Waals surface area contributed by atoms with Gasteiger partial charge in [-0.1, -0.05) is 38.8 Å². The SMILES string of the molecule is CC(C)(C)c1csc(C#Cc2cccc(NC(=O)c3ccc(-c4nn[nH]n4)cc3F)c2)n1. The van der Waals surface area contributed by atoms with Crippen molar-refractivity contribution >= 4 is 22.9 Å². The Kier molecular flexibility index (Phi) is 5.79. The summed E-state index contributed by atoms with van der Waals surface area (Å²) in [4.78, 5) is 17.1. The Morgan fingerprint density at radius 2 is 2.00 bits per heavy atom. The number of anilines is 1. The van der Waals surface area contributed by atoms with Gasteiger partial charge < -0.3 is 5.32 Å². The van der Waals surface area contributed by atoms with Gasteiger partial charge in [0.25, 0.3) is 5.91 Å². The van der Waals surface area contributed by atoms with Crippen molar-refractivity contribution < 1.29 is 9.18 Å². The quantitative estimate of drug-likeness (QED) is 0.455. The van der Waals surface area contributed by atoms with Crippen LogP contribution in [0, 0.1) is 17.7 Å². The van der Waals surface area contributed by atoms with E-state index in [1.165, 1.54) is 23.5 Å². The van der Waals surface area contributed by atoms with Crippen LogP contribution in [0.1, 0.15) is 47.4 Å². The molecule has 7 nitrogen and oxygen atoms in total. The zero-order valence-electron chi connectivity index (χ0n) is 17.6. The molecule has 2 N–H and O–H groups in total. The van der Waals surface area contributed by atoms with E-state index in [-0.39, 0.29) is 16.8 Å². The average Bonchev–Trinajstić information content (AvgIpc) is 3.44. The monoisotopic (exact) mass is 446 g/mol. The lowest BCUT2D eigenvalue weighted by Gasteiger charge is -2.13. The number of thiazole rings is 1. The second-order valence-electron chi connectivity index (χ2n) is 8.00. The normalized spacial score (nSPS) is 11.0. The summed E-state index contributed by atoms with van der Waals surface area (Å²) in [6.45, 7) is 6.31. The van der Waals surface area contributed by atoms with Gasteiger partial charge in [-0.15, -0.1) is 21.5 Å². The van der Waals surface area contributed by atoms with Gasteiger partial charge in [-0.25, -0.2) is 9.37 Å². The molecule has 0 fully saturated rings. The lowest BCUT2D eigenvalue weighted by Crippen LogP contribution is -2.13. The van der Waals surface area contributed by atoms with Crippen molar-refractivity contribution in [2.45, 2.75) is 26.2 Å². The standard InChI is InChI=1S/C23H19FN6OS/c1-23(2,3)19-13-32-20(26-19)10-7-14-5-4-6-16(11-14)25-22(31)17-9-8-15(12-18(17)24)21-27-29-30-28-21/h4-6,8-9,11-13H,1-3H3,(H,25,31)(H,27,28,29,30). The largest absolute Gasteiger partial charge is 0.322 e. The van der Waals surface area contributed by atoms with Crippen LogP contribution in [-0.2, 0) is 5.41 Å². The Labute approximate surface area is 188 Å². The minimum atomic E-state index is -0.681. The molecule has 32 heavy (non-hydrogen) atoms. The zero-order chi connectivity index (χ0) is 22.7. The molecule has 0 saturated heterocycles. The predicted octanol–water partition coefficient (Wildman–Crippen LogP) is 4.41. The summed E-state index contributed by atoms with van der Waals surface area (Å²) in [5.41, 5.74) is 2.52. The summed E-state index contributed by atoms with van der Waals surface area (Å²) in [5, 5.41) is 18.8. The summed E-state index contributed by atoms with van der Waals surface area (Å²) < 4.78 is 14.5. The lowest BCUT2D eigenvalue weighted by molar-refractivity contribution is 0.102. The predicted molar refractivity (Wildman–Crippen MR) is 121 cm³/mol. The van der Waals surface area contributed by atoms with Crippen LogP contribution in [0.15, 0.2) is 47.8 Å². The van der Waals surface area contributed by atoms with Gasteiger partial charge in [-0.3, -0.25) is 4.79 Å². The number of benzene rings is 2. The van der Waals surface area contributed by atoms with E-state index in [1.807, 2.05) is 11.4 Å². The first-order valence-electron chi connectivity index (χ1n) is 9.72. The van der Waals surface area contributed by atoms with Gasteiger partial charge in [0.2, 0.25) is 5.82 Å². The van der Waals surface area contributed by atoms with Crippen molar-refractivity contribution in [2.24, 2.45) is 0 Å². The van der Waals surface area contributed by atoms with Crippen molar-refractivity contribution in [3.8, 4) is 23.2 Å². The number of hydrogen-bond acceptors (Lipinski definition) is 6. The van der Waals surface area contributed by atoms with Gasteiger partial charge in [0.15, 0.2) is 5.01 Å². The molecule has 0 bridgehead atoms. The molecule has 2 aromatic carbocycles. The van der Waals surface area contributed by atoms with Gasteiger partial charge in [-0.05, 0) is 41.5 Å². The van der Waals surface area contributed by atoms with E-state index < -0.39 is 11.7 Å². The highest BCUT2D eigenvalue weighted by Gasteiger charge is 2.17. The van der Waals surface area contributed by atoms with Crippen LogP contribution in [0.2, 0.25) is 0 Å². The van der Waals surface area contributed by atoms with Crippen molar-refractivity contribution in [1.29, 1.82) is 0 Å². The van der Waals surface area contributed by atoms with E-state index in [9.17, 15) is 9.18 Å². The molecule has 0 aliphatic carbocycles. The Bertz CT molecular complexity index is 1330. The van der Waals surface area contributed by atoms with E-state index in [4.69, 9.17) is 0 Å². The summed E-state index contributed by atoms with van der Waals surface area (Å²) >= 11 is 1.50. The maximum atomic E-state index is 14.5. The van der Waals surface area contributed by atoms with Crippen molar-refractivity contribution in [3.63, 3.8) is 0 Å². The number of aromatic nitrogens is 5. The Morgan fingerprint density at radius 3 is 2.69 bits per heavy atom. The zero-order valence-corrected chi connectivity index (χ0v) is 18.4. The van der Waals surface area contributed by atoms with Gasteiger partial charge in [0.1, 0.15) is 5.82 Å². The van der Waals surface area contributed by atoms with E-state index >= 15 is 0 Å². The third kappa shape index (κ3) is 4.87. The first-order valence-corrected chi connectivity index (χ1v) is 10.6. The highest BCUT2D eigenvalue weighted by Crippen LogP contribution is 2.23. The number of nitrogens with one attached hydrogen (secondary N) is 2. The van der Waals surface area contributed by atoms with Gasteiger partial charge in [0, 0.05) is 27.6 Å². The summed E-state index contributed by atoms with van der Waals surface area (Å²) in [5.74, 6) is 5.12. The smallest absolute Gasteiger partial charge is 0.258 e. The minimum absolute atomic E-state index is 0.0281. The van der Waals surface area contributed by atoms with E-state index in [1.54, 1.807) is 24.3 Å². The van der Waals surface area contributed by atoms with Crippen molar-refractivity contribution in [3.05, 3.63) is 75.5 Å². The lowest BCUT2D eigenvalue weighted by atomic mass is 9.93. The van der Waals surface area contributed by atoms with Crippen LogP contribution in [0.5, 0.6) is 0 Å². The summed E-state index contributed by atoms with van der Waals surface area (Å²) in [6, 6.07) is 11.2. The number of aromatic amines is 1. The highest BCUT2D eigenvalue weighted by atomic mass is 32.1. The fourth-order valence-electron chi connectivity index (χ4n) is 2.80. The molecule has 0 saturated carbocycles. The van der Waals surface area contributed by atoms with Crippen LogP contribution in [-0.4, -0.2) is 31.5 Å². The summed E-state index contributed by atoms with van der Waals surface area (Å²) in [7, 11) is 0. The van der Waals surface area contributed by atoms with Crippen LogP contribution in [0.4, 0.5) is 10.1 Å². The average molecular weight is 447 g/mol. The molecule has 160 valence electrons. The molecule has 0 aliphatic heterocycles. The maximum Gasteiger partial charge on any atom is 0.258 e. The highest BCUT2D eigenvalue weighted by molar-refractivity contribution is 7.10. The summed E-state index contributed by atoms with van der Waals surface area (Å²) in [6.07, 6.45) is 0. The molecular weight excluding hydrogens is 427 g/mol. The molecule has 2 aromatic heterocycles. The van der Waals surface area contributed by atoms with E-state index in [0.717, 1.165) is 10.7 Å². The molecule has 4 aromatic rings. The molecule has 0 spiro atoms. The molecule has 0 unspecified atom stereocenters. The number of hydrogen-bond donors (Lipinski definition) is 2. The maximum absolute atomic E-state index is 14.5. The van der Waals surface area contributed by atoms with Gasteiger partial charge >= 0.3 is 0 Å². The molecule has 4 rings (SSSR count). The molecule has 0 aliphatic rings. The molecular formula is C23H19FN6OS. The Balaban J connectivity index is 1.49. The molecule has 9 heteroatoms. The third-order valence-corrected chi connectivity index (χ3v) is 5.28. The fourth-order valence-corrected chi connectivity index (χ4v) is 3.69. The molecule has 1 amide bonds. The first-order chi connectivity index (χ1) is 15.3. The number of carbonyl (C=O) groups excluding carboxylic acids is 1. The van der Waals surface area contributed by atoms with Crippen LogP contribution < -0.4 is 5.32 Å². The van der Waals surface area contributed by atoms with Crippen molar-refractivity contribution in [2.75, 3.05) is 5.32 Å². The number of carbonyl (C=O) groups is 1. The second kappa shape index (κ2) is 8.69. The molecule has 2 heterocycles. The van der Waals surface area contributed by atoms with Crippen molar-refractivity contribution in [1.82, 2.24) is 25.6 Å². The van der Waals surface area contributed by atoms with E-state index in [2.05, 4.69) is 63.5 Å². The number of tetrazole rings is 1. The minimum Gasteiger partial charge on any atom is -0.322 e. The van der Waals surface area contributed by atoms with Crippen LogP contribution in [0.3, 0.4) is 0 Å². The third-order valence-electron chi connectivity index (χ3n) is 4.52. The topological polar surface area (TPSA) is 96.5 Å². The van der Waals surface area contributed by atoms with Gasteiger partial charge in [0.05, 0.1) is 11.3 Å². The fraction of sp³-hybridized carbons (Fsp3) is 0.174. The molecule has 0 radical (unpaired) electrons. The number of amides is 1. The Hall–Kier alpha value is -3.90. The first kappa shape index (κ1) is 21.3. The van der Waals surface area contributed by atoms with Gasteiger partial charge in [-0.2, -0.15) is 5.21 Å². The van der Waals surface area contributed by atoms with E-state index in [0.29, 0.717) is 16.8 Å². The second-order valence-corrected chi connectivity index (χ2v) is 8.86. The number of rotatable bonds is 3. The Morgan fingerprint density at radius 1 is 1.16 bits per heavy atom. The van der Waals surface area contributed by atoms with Crippen LogP contribution in [0.25, 0.3) is 11.4 Å². The molecule has 0 atom stereocenters. The number of H-pyrrole nitrogens is 1. The number of nitrogens with zero attached hydrogens (tertiary/aromatic N) is 4.